The van der Waals surface area contributed by atoms with Gasteiger partial charge < -0.3 is 10.9 Å². The Kier molecular flexibility index (Phi) is 2.84. The molecular formula is C9H15N5O. The Bertz CT molecular complexity index is 353. The maximum absolute atomic E-state index is 8.48. The summed E-state index contributed by atoms with van der Waals surface area (Å²) < 4.78 is 1.83. The molecule has 0 spiro atoms. The zero-order valence-corrected chi connectivity index (χ0v) is 8.50. The maximum atomic E-state index is 8.48. The first-order valence-corrected chi connectivity index (χ1v) is 5.20. The van der Waals surface area contributed by atoms with Crippen LogP contribution in [0.15, 0.2) is 11.5 Å². The van der Waals surface area contributed by atoms with Crippen LogP contribution >= 0.6 is 0 Å². The number of oxime groups is 1. The van der Waals surface area contributed by atoms with Gasteiger partial charge in [-0.2, -0.15) is 0 Å². The predicted molar refractivity (Wildman–Crippen MR) is 54.7 cm³/mol. The summed E-state index contributed by atoms with van der Waals surface area (Å²) >= 11 is 0. The van der Waals surface area contributed by atoms with Crippen LogP contribution in [0.4, 0.5) is 0 Å². The van der Waals surface area contributed by atoms with Crippen LogP contribution in [0.3, 0.4) is 0 Å². The number of hydrogen-bond donors (Lipinski definition) is 2. The van der Waals surface area contributed by atoms with Gasteiger partial charge in [-0.3, -0.25) is 0 Å². The van der Waals surface area contributed by atoms with Gasteiger partial charge in [0.1, 0.15) is 6.33 Å². The lowest BCUT2D eigenvalue weighted by molar-refractivity contribution is 0.317. The normalized spacial score (nSPS) is 19.3. The lowest BCUT2D eigenvalue weighted by atomic mass is 9.96. The molecule has 0 atom stereocenters. The van der Waals surface area contributed by atoms with Gasteiger partial charge in [-0.1, -0.05) is 24.4 Å². The highest BCUT2D eigenvalue weighted by Gasteiger charge is 2.17. The Labute approximate surface area is 87.8 Å². The van der Waals surface area contributed by atoms with E-state index >= 15 is 0 Å². The van der Waals surface area contributed by atoms with Crippen LogP contribution in [0.2, 0.25) is 0 Å². The minimum Gasteiger partial charge on any atom is -0.409 e. The van der Waals surface area contributed by atoms with Gasteiger partial charge in [0.05, 0.1) is 6.04 Å². The Balaban J connectivity index is 2.12. The topological polar surface area (TPSA) is 89.3 Å². The molecule has 1 aromatic rings. The van der Waals surface area contributed by atoms with Crippen LogP contribution in [0, 0.1) is 0 Å². The molecule has 15 heavy (non-hydrogen) atoms. The predicted octanol–water partition coefficient (Wildman–Crippen LogP) is 0.878. The van der Waals surface area contributed by atoms with Crippen LogP contribution in [-0.4, -0.2) is 25.8 Å². The van der Waals surface area contributed by atoms with Crippen LogP contribution in [0.1, 0.15) is 44.0 Å². The molecule has 6 heteroatoms. The van der Waals surface area contributed by atoms with Gasteiger partial charge in [0.25, 0.3) is 0 Å². The summed E-state index contributed by atoms with van der Waals surface area (Å²) in [4.78, 5) is 4.00. The summed E-state index contributed by atoms with van der Waals surface area (Å²) in [6, 6.07) is 0.423. The molecule has 2 rings (SSSR count). The fourth-order valence-electron chi connectivity index (χ4n) is 1.96. The molecule has 0 radical (unpaired) electrons. The van der Waals surface area contributed by atoms with E-state index in [2.05, 4.69) is 15.2 Å². The summed E-state index contributed by atoms with van der Waals surface area (Å²) in [5, 5.41) is 15.5. The molecule has 0 saturated heterocycles. The van der Waals surface area contributed by atoms with Crippen molar-refractivity contribution in [1.82, 2.24) is 14.8 Å². The Morgan fingerprint density at radius 3 is 2.87 bits per heavy atom. The molecule has 0 amide bonds. The van der Waals surface area contributed by atoms with Crippen molar-refractivity contribution in [2.45, 2.75) is 38.1 Å². The zero-order valence-electron chi connectivity index (χ0n) is 8.50. The quantitative estimate of drug-likeness (QED) is 0.327. The standard InChI is InChI=1S/C9H15N5O/c10-8(13-15)9-11-6-14(12-9)7-4-2-1-3-5-7/h6-7,15H,1-5H2,(H2,10,13). The average Bonchev–Trinajstić information content (AvgIpc) is 2.78. The third-order valence-corrected chi connectivity index (χ3v) is 2.79. The van der Waals surface area contributed by atoms with E-state index in [4.69, 9.17) is 10.9 Å². The second-order valence-electron chi connectivity index (χ2n) is 3.83. The molecule has 3 N–H and O–H groups in total. The van der Waals surface area contributed by atoms with Crippen molar-refractivity contribution in [1.29, 1.82) is 0 Å². The van der Waals surface area contributed by atoms with Crippen LogP contribution in [0.25, 0.3) is 0 Å². The van der Waals surface area contributed by atoms with E-state index in [0.29, 0.717) is 11.9 Å². The van der Waals surface area contributed by atoms with Gasteiger partial charge in [-0.25, -0.2) is 9.67 Å². The van der Waals surface area contributed by atoms with Crippen molar-refractivity contribution in [3.63, 3.8) is 0 Å². The molecule has 1 aliphatic carbocycles. The van der Waals surface area contributed by atoms with Gasteiger partial charge in [0, 0.05) is 0 Å². The van der Waals surface area contributed by atoms with Crippen LogP contribution in [0.5, 0.6) is 0 Å². The molecule has 82 valence electrons. The Hall–Kier alpha value is -1.59. The van der Waals surface area contributed by atoms with Gasteiger partial charge in [0.2, 0.25) is 11.7 Å². The molecule has 1 fully saturated rings. The minimum absolute atomic E-state index is 0.0374. The van der Waals surface area contributed by atoms with E-state index in [1.807, 2.05) is 4.68 Å². The lowest BCUT2D eigenvalue weighted by Gasteiger charge is -2.21. The number of hydrogen-bond acceptors (Lipinski definition) is 4. The van der Waals surface area contributed by atoms with E-state index in [1.165, 1.54) is 19.3 Å². The number of nitrogens with zero attached hydrogens (tertiary/aromatic N) is 4. The van der Waals surface area contributed by atoms with E-state index in [0.717, 1.165) is 12.8 Å². The molecule has 1 aromatic heterocycles. The average molecular weight is 209 g/mol. The SMILES string of the molecule is NC(=NO)c1ncn(C2CCCCC2)n1. The van der Waals surface area contributed by atoms with E-state index in [9.17, 15) is 0 Å². The van der Waals surface area contributed by atoms with Gasteiger partial charge in [-0.05, 0) is 12.8 Å². The molecular weight excluding hydrogens is 194 g/mol. The smallest absolute Gasteiger partial charge is 0.219 e. The fraction of sp³-hybridized carbons (Fsp3) is 0.667. The Morgan fingerprint density at radius 1 is 1.47 bits per heavy atom. The summed E-state index contributed by atoms with van der Waals surface area (Å²) in [6.07, 6.45) is 7.71. The van der Waals surface area contributed by atoms with Crippen molar-refractivity contribution < 1.29 is 5.21 Å². The first-order valence-electron chi connectivity index (χ1n) is 5.20. The van der Waals surface area contributed by atoms with E-state index in [-0.39, 0.29) is 5.84 Å². The van der Waals surface area contributed by atoms with E-state index in [1.54, 1.807) is 6.33 Å². The third kappa shape index (κ3) is 2.08. The van der Waals surface area contributed by atoms with Crippen molar-refractivity contribution in [3.05, 3.63) is 12.2 Å². The van der Waals surface area contributed by atoms with Crippen molar-refractivity contribution >= 4 is 5.84 Å². The van der Waals surface area contributed by atoms with Crippen molar-refractivity contribution in [3.8, 4) is 0 Å². The molecule has 0 aromatic carbocycles. The summed E-state index contributed by atoms with van der Waals surface area (Å²) in [5.74, 6) is 0.257. The summed E-state index contributed by atoms with van der Waals surface area (Å²) in [6.45, 7) is 0. The molecule has 6 nitrogen and oxygen atoms in total. The molecule has 0 unspecified atom stereocenters. The van der Waals surface area contributed by atoms with Crippen LogP contribution < -0.4 is 5.73 Å². The molecule has 1 aliphatic rings. The van der Waals surface area contributed by atoms with Crippen LogP contribution in [-0.2, 0) is 0 Å². The minimum atomic E-state index is -0.0374. The highest BCUT2D eigenvalue weighted by molar-refractivity contribution is 5.93. The first-order chi connectivity index (χ1) is 7.31. The maximum Gasteiger partial charge on any atom is 0.219 e. The monoisotopic (exact) mass is 209 g/mol. The lowest BCUT2D eigenvalue weighted by Crippen LogP contribution is -2.17. The van der Waals surface area contributed by atoms with Gasteiger partial charge in [0.15, 0.2) is 0 Å². The highest BCUT2D eigenvalue weighted by atomic mass is 16.4. The first kappa shape index (κ1) is 9.95. The van der Waals surface area contributed by atoms with Crippen molar-refractivity contribution in [2.24, 2.45) is 10.9 Å². The fourth-order valence-corrected chi connectivity index (χ4v) is 1.96. The number of nitrogens with two attached hydrogens (primary N) is 1. The van der Waals surface area contributed by atoms with E-state index < -0.39 is 0 Å². The highest BCUT2D eigenvalue weighted by Crippen LogP contribution is 2.26. The zero-order chi connectivity index (χ0) is 10.7. The number of rotatable bonds is 2. The summed E-state index contributed by atoms with van der Waals surface area (Å²) in [7, 11) is 0. The third-order valence-electron chi connectivity index (χ3n) is 2.79. The number of amidine groups is 1. The van der Waals surface area contributed by atoms with Crippen molar-refractivity contribution in [2.75, 3.05) is 0 Å². The second-order valence-corrected chi connectivity index (χ2v) is 3.83. The largest absolute Gasteiger partial charge is 0.409 e. The summed E-state index contributed by atoms with van der Waals surface area (Å²) in [5.41, 5.74) is 5.40. The number of aromatic nitrogens is 3. The molecule has 0 bridgehead atoms. The second kappa shape index (κ2) is 4.29. The van der Waals surface area contributed by atoms with Gasteiger partial charge >= 0.3 is 0 Å². The molecule has 1 saturated carbocycles. The molecule has 0 aliphatic heterocycles. The molecule has 1 heterocycles. The van der Waals surface area contributed by atoms with Gasteiger partial charge in [-0.15, -0.1) is 5.10 Å². The Morgan fingerprint density at radius 2 is 2.20 bits per heavy atom.